The highest BCUT2D eigenvalue weighted by molar-refractivity contribution is 4.91. The third-order valence-electron chi connectivity index (χ3n) is 2.74. The molecule has 2 aliphatic rings. The third-order valence-corrected chi connectivity index (χ3v) is 2.74. The highest BCUT2D eigenvalue weighted by Gasteiger charge is 2.38. The van der Waals surface area contributed by atoms with E-state index in [0.29, 0.717) is 6.73 Å². The van der Waals surface area contributed by atoms with Gasteiger partial charge in [0.25, 0.3) is 0 Å². The van der Waals surface area contributed by atoms with Crippen LogP contribution in [0.3, 0.4) is 0 Å². The first-order valence-corrected chi connectivity index (χ1v) is 4.80. The van der Waals surface area contributed by atoms with Gasteiger partial charge in [-0.15, -0.1) is 0 Å². The van der Waals surface area contributed by atoms with Crippen molar-refractivity contribution in [2.24, 2.45) is 0 Å². The van der Waals surface area contributed by atoms with Crippen molar-refractivity contribution in [3.63, 3.8) is 0 Å². The van der Waals surface area contributed by atoms with Crippen LogP contribution < -0.4 is 0 Å². The van der Waals surface area contributed by atoms with Crippen molar-refractivity contribution in [2.75, 3.05) is 40.0 Å². The number of nitrogens with zero attached hydrogens (tertiary/aromatic N) is 2. The summed E-state index contributed by atoms with van der Waals surface area (Å²) in [6.45, 7) is 6.38. The van der Waals surface area contributed by atoms with Crippen LogP contribution >= 0.6 is 0 Å². The number of likely N-dealkylation sites (tertiary alicyclic amines) is 2. The molecule has 0 aliphatic carbocycles. The van der Waals surface area contributed by atoms with Gasteiger partial charge in [-0.3, -0.25) is 4.90 Å². The molecule has 0 aromatic carbocycles. The number of aliphatic hydroxyl groups excluding tert-OH is 1. The van der Waals surface area contributed by atoms with Gasteiger partial charge >= 0.3 is 0 Å². The molecule has 0 unspecified atom stereocenters. The summed E-state index contributed by atoms with van der Waals surface area (Å²) in [6, 6.07) is 0. The van der Waals surface area contributed by atoms with Gasteiger partial charge in [-0.05, 0) is 14.0 Å². The molecule has 0 bridgehead atoms. The molecule has 0 spiro atoms. The Kier molecular flexibility index (Phi) is 2.32. The number of hydrogen-bond acceptors (Lipinski definition) is 4. The molecule has 1 N–H and O–H groups in total. The van der Waals surface area contributed by atoms with E-state index in [0.717, 1.165) is 26.2 Å². The van der Waals surface area contributed by atoms with E-state index in [1.165, 1.54) is 0 Å². The zero-order chi connectivity index (χ0) is 9.47. The number of rotatable bonds is 3. The lowest BCUT2D eigenvalue weighted by molar-refractivity contribution is -0.174. The number of hydrogen-bond donors (Lipinski definition) is 1. The van der Waals surface area contributed by atoms with Crippen molar-refractivity contribution < 1.29 is 9.84 Å². The van der Waals surface area contributed by atoms with Gasteiger partial charge in [-0.1, -0.05) is 0 Å². The highest BCUT2D eigenvalue weighted by atomic mass is 16.5. The summed E-state index contributed by atoms with van der Waals surface area (Å²) in [5, 5.41) is 9.06. The molecule has 2 aliphatic heterocycles. The second kappa shape index (κ2) is 3.20. The Morgan fingerprint density at radius 3 is 2.54 bits per heavy atom. The zero-order valence-electron chi connectivity index (χ0n) is 8.36. The Morgan fingerprint density at radius 2 is 2.08 bits per heavy atom. The van der Waals surface area contributed by atoms with E-state index in [4.69, 9.17) is 9.84 Å². The Bertz CT molecular complexity index is 186. The quantitative estimate of drug-likeness (QED) is 0.635. The minimum Gasteiger partial charge on any atom is -0.390 e. The number of likely N-dealkylation sites (N-methyl/N-ethyl adjacent to an activating group) is 1. The van der Waals surface area contributed by atoms with Crippen molar-refractivity contribution in [1.29, 1.82) is 0 Å². The molecule has 2 saturated heterocycles. The van der Waals surface area contributed by atoms with Crippen LogP contribution in [0.2, 0.25) is 0 Å². The van der Waals surface area contributed by atoms with E-state index in [1.807, 2.05) is 0 Å². The third kappa shape index (κ3) is 2.02. The summed E-state index contributed by atoms with van der Waals surface area (Å²) in [4.78, 5) is 4.36. The summed E-state index contributed by atoms with van der Waals surface area (Å²) in [6.07, 6.45) is -0.125. The van der Waals surface area contributed by atoms with Crippen LogP contribution in [0.5, 0.6) is 0 Å². The van der Waals surface area contributed by atoms with Crippen molar-refractivity contribution >= 4 is 0 Å². The van der Waals surface area contributed by atoms with E-state index >= 15 is 0 Å². The van der Waals surface area contributed by atoms with Crippen molar-refractivity contribution in [1.82, 2.24) is 9.80 Å². The standard InChI is InChI=1S/C9H18N2O2/c1-9(5-10(2)6-9)13-7-11-3-8(12)4-11/h8,12H,3-7H2,1-2H3. The summed E-state index contributed by atoms with van der Waals surface area (Å²) in [5.74, 6) is 0. The molecule has 0 amide bonds. The first-order chi connectivity index (χ1) is 6.07. The van der Waals surface area contributed by atoms with E-state index in [9.17, 15) is 0 Å². The summed E-state index contributed by atoms with van der Waals surface area (Å²) >= 11 is 0. The minimum absolute atomic E-state index is 0.0509. The van der Waals surface area contributed by atoms with Gasteiger partial charge in [0.2, 0.25) is 0 Å². The molecule has 2 rings (SSSR count). The van der Waals surface area contributed by atoms with Crippen LogP contribution in [-0.2, 0) is 4.74 Å². The molecule has 4 nitrogen and oxygen atoms in total. The van der Waals surface area contributed by atoms with Gasteiger partial charge in [0.1, 0.15) is 6.73 Å². The van der Waals surface area contributed by atoms with Gasteiger partial charge < -0.3 is 14.7 Å². The normalized spacial score (nSPS) is 29.8. The second-order valence-corrected chi connectivity index (χ2v) is 4.59. The van der Waals surface area contributed by atoms with Crippen LogP contribution in [0, 0.1) is 0 Å². The van der Waals surface area contributed by atoms with Crippen LogP contribution in [-0.4, -0.2) is 66.6 Å². The van der Waals surface area contributed by atoms with Crippen LogP contribution in [0.1, 0.15) is 6.92 Å². The van der Waals surface area contributed by atoms with Crippen molar-refractivity contribution in [3.05, 3.63) is 0 Å². The van der Waals surface area contributed by atoms with Gasteiger partial charge in [-0.25, -0.2) is 0 Å². The fourth-order valence-corrected chi connectivity index (χ4v) is 2.08. The highest BCUT2D eigenvalue weighted by Crippen LogP contribution is 2.23. The molecule has 13 heavy (non-hydrogen) atoms. The summed E-state index contributed by atoms with van der Waals surface area (Å²) in [7, 11) is 2.10. The predicted octanol–water partition coefficient (Wildman–Crippen LogP) is -0.659. The average molecular weight is 186 g/mol. The predicted molar refractivity (Wildman–Crippen MR) is 49.4 cm³/mol. The van der Waals surface area contributed by atoms with E-state index in [2.05, 4.69) is 23.8 Å². The minimum atomic E-state index is -0.125. The SMILES string of the molecule is CN1CC(C)(OCN2CC(O)C2)C1. The fourth-order valence-electron chi connectivity index (χ4n) is 2.08. The van der Waals surface area contributed by atoms with Crippen LogP contribution in [0.25, 0.3) is 0 Å². The molecule has 2 heterocycles. The van der Waals surface area contributed by atoms with Gasteiger partial charge in [0.15, 0.2) is 0 Å². The van der Waals surface area contributed by atoms with Gasteiger partial charge in [0.05, 0.1) is 11.7 Å². The molecule has 0 saturated carbocycles. The zero-order valence-corrected chi connectivity index (χ0v) is 8.36. The van der Waals surface area contributed by atoms with E-state index in [-0.39, 0.29) is 11.7 Å². The molecule has 0 aromatic heterocycles. The summed E-state index contributed by atoms with van der Waals surface area (Å²) < 4.78 is 5.76. The molecule has 0 radical (unpaired) electrons. The average Bonchev–Trinajstić information content (AvgIpc) is 1.93. The van der Waals surface area contributed by atoms with E-state index < -0.39 is 0 Å². The summed E-state index contributed by atoms with van der Waals surface area (Å²) in [5.41, 5.74) is 0.0509. The van der Waals surface area contributed by atoms with Crippen LogP contribution in [0.4, 0.5) is 0 Å². The second-order valence-electron chi connectivity index (χ2n) is 4.59. The number of ether oxygens (including phenoxy) is 1. The van der Waals surface area contributed by atoms with Gasteiger partial charge in [0, 0.05) is 26.2 Å². The molecule has 0 atom stereocenters. The Balaban J connectivity index is 1.63. The van der Waals surface area contributed by atoms with Crippen molar-refractivity contribution in [3.8, 4) is 0 Å². The smallest absolute Gasteiger partial charge is 0.100 e. The largest absolute Gasteiger partial charge is 0.390 e. The Hall–Kier alpha value is -0.160. The Labute approximate surface area is 79.1 Å². The maximum absolute atomic E-state index is 9.06. The monoisotopic (exact) mass is 186 g/mol. The lowest BCUT2D eigenvalue weighted by Crippen LogP contribution is -2.61. The topological polar surface area (TPSA) is 35.9 Å². The molecule has 0 aromatic rings. The molecule has 2 fully saturated rings. The van der Waals surface area contributed by atoms with Crippen molar-refractivity contribution in [2.45, 2.75) is 18.6 Å². The fraction of sp³-hybridized carbons (Fsp3) is 1.00. The molecule has 4 heteroatoms. The maximum atomic E-state index is 9.06. The lowest BCUT2D eigenvalue weighted by atomic mass is 9.98. The lowest BCUT2D eigenvalue weighted by Gasteiger charge is -2.47. The Morgan fingerprint density at radius 1 is 1.46 bits per heavy atom. The maximum Gasteiger partial charge on any atom is 0.100 e. The first-order valence-electron chi connectivity index (χ1n) is 4.80. The van der Waals surface area contributed by atoms with Gasteiger partial charge in [-0.2, -0.15) is 0 Å². The molecule has 76 valence electrons. The van der Waals surface area contributed by atoms with Crippen LogP contribution in [0.15, 0.2) is 0 Å². The van der Waals surface area contributed by atoms with E-state index in [1.54, 1.807) is 0 Å². The number of β-amino-alcohol motifs (C(OH)–C–C–N with tert-alkyl or cyclic N) is 1. The first kappa shape index (κ1) is 9.40. The molecular formula is C9H18N2O2. The number of aliphatic hydroxyl groups is 1. The molecular weight excluding hydrogens is 168 g/mol.